The van der Waals surface area contributed by atoms with Crippen molar-refractivity contribution in [3.05, 3.63) is 58.1 Å². The number of anilines is 1. The maximum atomic E-state index is 12.2. The zero-order valence-corrected chi connectivity index (χ0v) is 13.7. The fourth-order valence-corrected chi connectivity index (χ4v) is 3.19. The Balaban J connectivity index is 2.32. The SMILES string of the molecule is NC(=S)c1ccc(NS(=O)(=O)c2ccc(Cl)cc2)c(Cl)c1. The third kappa shape index (κ3) is 3.85. The molecule has 0 atom stereocenters. The summed E-state index contributed by atoms with van der Waals surface area (Å²) in [7, 11) is -3.74. The monoisotopic (exact) mass is 360 g/mol. The van der Waals surface area contributed by atoms with Gasteiger partial charge in [-0.25, -0.2) is 8.42 Å². The topological polar surface area (TPSA) is 72.2 Å². The number of hydrogen-bond donors (Lipinski definition) is 2. The first-order chi connectivity index (χ1) is 9.79. The lowest BCUT2D eigenvalue weighted by molar-refractivity contribution is 0.601. The third-order valence-corrected chi connectivity index (χ3v) is 4.80. The molecule has 2 aromatic carbocycles. The molecule has 0 aromatic heterocycles. The smallest absolute Gasteiger partial charge is 0.261 e. The van der Waals surface area contributed by atoms with Gasteiger partial charge in [-0.1, -0.05) is 35.4 Å². The molecule has 4 nitrogen and oxygen atoms in total. The summed E-state index contributed by atoms with van der Waals surface area (Å²) in [5.74, 6) is 0. The van der Waals surface area contributed by atoms with Crippen LogP contribution in [0.2, 0.25) is 10.0 Å². The van der Waals surface area contributed by atoms with Crippen LogP contribution in [0, 0.1) is 0 Å². The molecule has 2 rings (SSSR count). The largest absolute Gasteiger partial charge is 0.389 e. The minimum atomic E-state index is -3.74. The van der Waals surface area contributed by atoms with E-state index in [2.05, 4.69) is 4.72 Å². The molecular formula is C13H10Cl2N2O2S2. The van der Waals surface area contributed by atoms with Crippen molar-refractivity contribution in [1.29, 1.82) is 0 Å². The normalized spacial score (nSPS) is 11.1. The van der Waals surface area contributed by atoms with Crippen LogP contribution in [0.5, 0.6) is 0 Å². The Morgan fingerprint density at radius 2 is 1.71 bits per heavy atom. The van der Waals surface area contributed by atoms with Crippen molar-refractivity contribution in [1.82, 2.24) is 0 Å². The van der Waals surface area contributed by atoms with Crippen molar-refractivity contribution >= 4 is 56.1 Å². The van der Waals surface area contributed by atoms with E-state index in [0.717, 1.165) is 0 Å². The predicted molar refractivity (Wildman–Crippen MR) is 89.6 cm³/mol. The first-order valence-electron chi connectivity index (χ1n) is 5.67. The lowest BCUT2D eigenvalue weighted by atomic mass is 10.2. The van der Waals surface area contributed by atoms with Gasteiger partial charge in [-0.2, -0.15) is 0 Å². The van der Waals surface area contributed by atoms with Gasteiger partial charge in [0.2, 0.25) is 0 Å². The van der Waals surface area contributed by atoms with Crippen LogP contribution in [0.25, 0.3) is 0 Å². The molecule has 0 bridgehead atoms. The van der Waals surface area contributed by atoms with Crippen LogP contribution in [0.1, 0.15) is 5.56 Å². The van der Waals surface area contributed by atoms with Crippen molar-refractivity contribution in [2.24, 2.45) is 5.73 Å². The molecule has 0 aliphatic rings. The molecule has 0 saturated heterocycles. The molecule has 2 aromatic rings. The molecule has 110 valence electrons. The quantitative estimate of drug-likeness (QED) is 0.819. The molecule has 0 unspecified atom stereocenters. The van der Waals surface area contributed by atoms with Gasteiger partial charge in [0, 0.05) is 10.6 Å². The fourth-order valence-electron chi connectivity index (χ4n) is 1.57. The van der Waals surface area contributed by atoms with E-state index in [-0.39, 0.29) is 20.6 Å². The maximum absolute atomic E-state index is 12.2. The van der Waals surface area contributed by atoms with E-state index in [4.69, 9.17) is 41.2 Å². The van der Waals surface area contributed by atoms with Crippen molar-refractivity contribution < 1.29 is 8.42 Å². The summed E-state index contributed by atoms with van der Waals surface area (Å²) >= 11 is 16.6. The highest BCUT2D eigenvalue weighted by molar-refractivity contribution is 7.92. The van der Waals surface area contributed by atoms with Crippen LogP contribution in [-0.2, 0) is 10.0 Å². The average Bonchev–Trinajstić information content (AvgIpc) is 2.41. The molecule has 0 aliphatic heterocycles. The summed E-state index contributed by atoms with van der Waals surface area (Å²) in [4.78, 5) is 0.269. The van der Waals surface area contributed by atoms with Gasteiger partial charge < -0.3 is 5.73 Å². The molecule has 0 heterocycles. The molecule has 0 saturated carbocycles. The summed E-state index contributed by atoms with van der Waals surface area (Å²) < 4.78 is 26.8. The summed E-state index contributed by atoms with van der Waals surface area (Å²) in [5, 5.41) is 0.658. The minimum Gasteiger partial charge on any atom is -0.389 e. The van der Waals surface area contributed by atoms with Gasteiger partial charge in [0.25, 0.3) is 10.0 Å². The van der Waals surface area contributed by atoms with Gasteiger partial charge in [0.05, 0.1) is 15.6 Å². The second-order valence-electron chi connectivity index (χ2n) is 4.12. The van der Waals surface area contributed by atoms with Crippen LogP contribution >= 0.6 is 35.4 Å². The van der Waals surface area contributed by atoms with E-state index in [1.54, 1.807) is 6.07 Å². The fraction of sp³-hybridized carbons (Fsp3) is 0. The molecule has 0 aliphatic carbocycles. The highest BCUT2D eigenvalue weighted by Crippen LogP contribution is 2.26. The minimum absolute atomic E-state index is 0.0846. The van der Waals surface area contributed by atoms with Gasteiger partial charge in [-0.15, -0.1) is 0 Å². The van der Waals surface area contributed by atoms with E-state index in [1.165, 1.54) is 36.4 Å². The first kappa shape index (κ1) is 16.0. The van der Waals surface area contributed by atoms with E-state index >= 15 is 0 Å². The molecule has 0 fully saturated rings. The van der Waals surface area contributed by atoms with Crippen molar-refractivity contribution in [2.75, 3.05) is 4.72 Å². The Morgan fingerprint density at radius 1 is 1.10 bits per heavy atom. The Bertz CT molecular complexity index is 790. The summed E-state index contributed by atoms with van der Waals surface area (Å²) in [6, 6.07) is 10.4. The van der Waals surface area contributed by atoms with Crippen molar-refractivity contribution in [3.63, 3.8) is 0 Å². The van der Waals surface area contributed by atoms with E-state index in [0.29, 0.717) is 10.6 Å². The maximum Gasteiger partial charge on any atom is 0.261 e. The molecule has 8 heteroatoms. The zero-order chi connectivity index (χ0) is 15.6. The van der Waals surface area contributed by atoms with Gasteiger partial charge in [-0.3, -0.25) is 4.72 Å². The Labute approximate surface area is 137 Å². The number of thiocarbonyl (C=S) groups is 1. The zero-order valence-electron chi connectivity index (χ0n) is 10.5. The van der Waals surface area contributed by atoms with Crippen molar-refractivity contribution in [3.8, 4) is 0 Å². The highest BCUT2D eigenvalue weighted by atomic mass is 35.5. The Morgan fingerprint density at radius 3 is 2.24 bits per heavy atom. The lowest BCUT2D eigenvalue weighted by Crippen LogP contribution is -2.14. The number of nitrogens with one attached hydrogen (secondary N) is 1. The van der Waals surface area contributed by atoms with Gasteiger partial charge >= 0.3 is 0 Å². The number of sulfonamides is 1. The summed E-state index contributed by atoms with van der Waals surface area (Å²) in [6.45, 7) is 0. The van der Waals surface area contributed by atoms with E-state index in [1.807, 2.05) is 0 Å². The number of benzene rings is 2. The second-order valence-corrected chi connectivity index (χ2v) is 7.08. The number of nitrogens with two attached hydrogens (primary N) is 1. The first-order valence-corrected chi connectivity index (χ1v) is 8.32. The lowest BCUT2D eigenvalue weighted by Gasteiger charge is -2.10. The molecular weight excluding hydrogens is 351 g/mol. The van der Waals surface area contributed by atoms with E-state index < -0.39 is 10.0 Å². The summed E-state index contributed by atoms with van der Waals surface area (Å²) in [5.41, 5.74) is 6.29. The molecule has 0 radical (unpaired) electrons. The number of halogens is 2. The Hall–Kier alpha value is -1.34. The van der Waals surface area contributed by atoms with E-state index in [9.17, 15) is 8.42 Å². The van der Waals surface area contributed by atoms with Crippen LogP contribution < -0.4 is 10.5 Å². The molecule has 3 N–H and O–H groups in total. The average molecular weight is 361 g/mol. The van der Waals surface area contributed by atoms with Gasteiger partial charge in [-0.05, 0) is 42.5 Å². The van der Waals surface area contributed by atoms with Gasteiger partial charge in [0.15, 0.2) is 0 Å². The predicted octanol–water partition coefficient (Wildman–Crippen LogP) is 3.43. The van der Waals surface area contributed by atoms with Crippen LogP contribution in [0.4, 0.5) is 5.69 Å². The van der Waals surface area contributed by atoms with Crippen molar-refractivity contribution in [2.45, 2.75) is 4.90 Å². The molecule has 0 amide bonds. The number of rotatable bonds is 4. The standard InChI is InChI=1S/C13H10Cl2N2O2S2/c14-9-2-4-10(5-3-9)21(18,19)17-12-6-1-8(13(16)20)7-11(12)15/h1-7,17H,(H2,16,20). The Kier molecular flexibility index (Phi) is 4.73. The van der Waals surface area contributed by atoms with Crippen LogP contribution in [0.15, 0.2) is 47.4 Å². The van der Waals surface area contributed by atoms with Gasteiger partial charge in [0.1, 0.15) is 4.99 Å². The number of hydrogen-bond acceptors (Lipinski definition) is 3. The summed E-state index contributed by atoms with van der Waals surface area (Å²) in [6.07, 6.45) is 0. The highest BCUT2D eigenvalue weighted by Gasteiger charge is 2.16. The van der Waals surface area contributed by atoms with Crippen LogP contribution in [0.3, 0.4) is 0 Å². The molecule has 21 heavy (non-hydrogen) atoms. The second kappa shape index (κ2) is 6.19. The third-order valence-electron chi connectivity index (χ3n) is 2.62. The van der Waals surface area contributed by atoms with Crippen LogP contribution in [-0.4, -0.2) is 13.4 Å². The molecule has 0 spiro atoms.